The van der Waals surface area contributed by atoms with Gasteiger partial charge in [-0.25, -0.2) is 29.7 Å². The molecular weight excluding hydrogens is 483 g/mol. The zero-order valence-electron chi connectivity index (χ0n) is 19.5. The lowest BCUT2D eigenvalue weighted by atomic mass is 10.1. The Morgan fingerprint density at radius 3 is 2.57 bits per heavy atom. The monoisotopic (exact) mass is 506 g/mol. The maximum absolute atomic E-state index is 14.7. The first kappa shape index (κ1) is 23.7. The van der Waals surface area contributed by atoms with Gasteiger partial charge in [-0.2, -0.15) is 0 Å². The highest BCUT2D eigenvalue weighted by molar-refractivity contribution is 6.45. The number of anilines is 2. The van der Waals surface area contributed by atoms with Crippen LogP contribution in [-0.2, 0) is 4.79 Å². The molecule has 13 nitrogen and oxygen atoms in total. The molecule has 1 fully saturated rings. The van der Waals surface area contributed by atoms with E-state index < -0.39 is 17.5 Å². The molecule has 0 bridgehead atoms. The molecule has 0 atom stereocenters. The number of aromatic nitrogens is 5. The van der Waals surface area contributed by atoms with Gasteiger partial charge in [0, 0.05) is 44.8 Å². The van der Waals surface area contributed by atoms with Gasteiger partial charge < -0.3 is 20.5 Å². The van der Waals surface area contributed by atoms with Gasteiger partial charge in [0.25, 0.3) is 11.7 Å². The van der Waals surface area contributed by atoms with Crippen LogP contribution in [0.25, 0.3) is 16.6 Å². The Labute approximate surface area is 208 Å². The van der Waals surface area contributed by atoms with Gasteiger partial charge in [-0.15, -0.1) is 5.10 Å². The zero-order chi connectivity index (χ0) is 26.1. The van der Waals surface area contributed by atoms with Gasteiger partial charge in [-0.3, -0.25) is 14.6 Å². The second-order valence-electron chi connectivity index (χ2n) is 8.24. The average molecular weight is 507 g/mol. The molecule has 1 aliphatic heterocycles. The number of halogens is 1. The number of nitrogens with one attached hydrogen (secondary N) is 2. The molecular formula is C23H23FN10O3. The van der Waals surface area contributed by atoms with Gasteiger partial charge in [0.1, 0.15) is 0 Å². The molecule has 37 heavy (non-hydrogen) atoms. The Balaban J connectivity index is 1.34. The lowest BCUT2D eigenvalue weighted by Gasteiger charge is -2.34. The van der Waals surface area contributed by atoms with Crippen LogP contribution in [0.15, 0.2) is 59.9 Å². The van der Waals surface area contributed by atoms with Crippen molar-refractivity contribution in [3.63, 3.8) is 0 Å². The van der Waals surface area contributed by atoms with Crippen molar-refractivity contribution in [1.29, 1.82) is 0 Å². The third-order valence-electron chi connectivity index (χ3n) is 6.09. The number of para-hydroxylation sites is 1. The molecule has 4 aromatic rings. The van der Waals surface area contributed by atoms with E-state index in [1.807, 2.05) is 23.1 Å². The minimum atomic E-state index is -0.866. The van der Waals surface area contributed by atoms with Crippen molar-refractivity contribution in [3.05, 3.63) is 77.0 Å². The van der Waals surface area contributed by atoms with Gasteiger partial charge in [-0.05, 0) is 12.1 Å². The van der Waals surface area contributed by atoms with Gasteiger partial charge >= 0.3 is 5.69 Å². The van der Waals surface area contributed by atoms with Crippen LogP contribution in [0.4, 0.5) is 16.2 Å². The Hall–Kier alpha value is -4.98. The predicted octanol–water partition coefficient (Wildman–Crippen LogP) is 0.218. The number of amides is 1. The van der Waals surface area contributed by atoms with Gasteiger partial charge in [0.2, 0.25) is 5.95 Å². The Morgan fingerprint density at radius 1 is 1.14 bits per heavy atom. The number of nitrogens with zero attached hydrogens (tertiary/aromatic N) is 6. The number of nitrogens with two attached hydrogens (primary N) is 2. The number of carbonyl (C=O) groups excluding carboxylic acids is 2. The summed E-state index contributed by atoms with van der Waals surface area (Å²) in [5.41, 5.74) is 5.65. The van der Waals surface area contributed by atoms with Crippen molar-refractivity contribution in [3.8, 4) is 5.69 Å². The van der Waals surface area contributed by atoms with E-state index in [0.29, 0.717) is 24.7 Å². The predicted molar refractivity (Wildman–Crippen MR) is 133 cm³/mol. The SMILES string of the molecule is N/C=C\N(N)c1ncc(F)c2c(C(=O)C(=O)N3CCN(c4n[nH]c(=O)n4-c4ccccc4)CC3)c[nH]c12. The summed E-state index contributed by atoms with van der Waals surface area (Å²) in [7, 11) is 0. The molecule has 4 heterocycles. The van der Waals surface area contributed by atoms with Crippen LogP contribution in [0.3, 0.4) is 0 Å². The first-order valence-electron chi connectivity index (χ1n) is 11.3. The molecule has 5 rings (SSSR count). The molecule has 190 valence electrons. The van der Waals surface area contributed by atoms with Gasteiger partial charge in [-0.1, -0.05) is 18.2 Å². The maximum atomic E-state index is 14.7. The first-order valence-corrected chi connectivity index (χ1v) is 11.3. The topological polar surface area (TPSA) is 175 Å². The third kappa shape index (κ3) is 4.18. The number of benzene rings is 1. The fourth-order valence-electron chi connectivity index (χ4n) is 4.31. The van der Waals surface area contributed by atoms with E-state index in [-0.39, 0.29) is 41.1 Å². The fraction of sp³-hybridized carbons (Fsp3) is 0.174. The Bertz CT molecular complexity index is 1550. The zero-order valence-corrected chi connectivity index (χ0v) is 19.5. The van der Waals surface area contributed by atoms with E-state index in [1.165, 1.54) is 28.1 Å². The summed E-state index contributed by atoms with van der Waals surface area (Å²) in [4.78, 5) is 48.5. The normalized spacial score (nSPS) is 14.0. The molecule has 1 saturated heterocycles. The van der Waals surface area contributed by atoms with Crippen molar-refractivity contribution in [1.82, 2.24) is 29.6 Å². The van der Waals surface area contributed by atoms with Crippen LogP contribution in [0, 0.1) is 5.82 Å². The Morgan fingerprint density at radius 2 is 1.86 bits per heavy atom. The summed E-state index contributed by atoms with van der Waals surface area (Å²) in [6.45, 7) is 1.08. The van der Waals surface area contributed by atoms with Crippen LogP contribution in [0.5, 0.6) is 0 Å². The molecule has 0 radical (unpaired) electrons. The van der Waals surface area contributed by atoms with E-state index in [0.717, 1.165) is 11.2 Å². The number of fused-ring (bicyclic) bond motifs is 1. The number of hydrogen-bond acceptors (Lipinski definition) is 9. The van der Waals surface area contributed by atoms with Gasteiger partial charge in [0.05, 0.1) is 28.4 Å². The highest BCUT2D eigenvalue weighted by Gasteiger charge is 2.31. The highest BCUT2D eigenvalue weighted by Crippen LogP contribution is 2.28. The van der Waals surface area contributed by atoms with E-state index in [9.17, 15) is 18.8 Å². The summed E-state index contributed by atoms with van der Waals surface area (Å²) in [6, 6.07) is 9.04. The summed E-state index contributed by atoms with van der Waals surface area (Å²) in [6.07, 6.45) is 4.67. The minimum absolute atomic E-state index is 0.0914. The second kappa shape index (κ2) is 9.58. The van der Waals surface area contributed by atoms with Crippen LogP contribution < -0.4 is 27.2 Å². The number of ketones is 1. The fourth-order valence-corrected chi connectivity index (χ4v) is 4.31. The number of H-pyrrole nitrogens is 2. The van der Waals surface area contributed by atoms with Crippen LogP contribution >= 0.6 is 0 Å². The summed E-state index contributed by atoms with van der Waals surface area (Å²) >= 11 is 0. The average Bonchev–Trinajstić information content (AvgIpc) is 3.53. The maximum Gasteiger partial charge on any atom is 0.349 e. The lowest BCUT2D eigenvalue weighted by Crippen LogP contribution is -2.51. The van der Waals surface area contributed by atoms with E-state index in [2.05, 4.69) is 20.2 Å². The van der Waals surface area contributed by atoms with Crippen LogP contribution in [0.1, 0.15) is 10.4 Å². The minimum Gasteiger partial charge on any atom is -0.403 e. The molecule has 6 N–H and O–H groups in total. The van der Waals surface area contributed by atoms with E-state index in [1.54, 1.807) is 12.1 Å². The number of hydrazine groups is 1. The summed E-state index contributed by atoms with van der Waals surface area (Å²) < 4.78 is 16.1. The van der Waals surface area contributed by atoms with Crippen molar-refractivity contribution < 1.29 is 14.0 Å². The smallest absolute Gasteiger partial charge is 0.349 e. The molecule has 1 aromatic carbocycles. The van der Waals surface area contributed by atoms with Gasteiger partial charge in [0.15, 0.2) is 11.6 Å². The van der Waals surface area contributed by atoms with Crippen molar-refractivity contribution in [2.75, 3.05) is 36.1 Å². The third-order valence-corrected chi connectivity index (χ3v) is 6.09. The quantitative estimate of drug-likeness (QED) is 0.123. The molecule has 14 heteroatoms. The second-order valence-corrected chi connectivity index (χ2v) is 8.24. The number of hydrogen-bond donors (Lipinski definition) is 4. The number of carbonyl (C=O) groups is 2. The number of aromatic amines is 2. The van der Waals surface area contributed by atoms with Crippen LogP contribution in [0.2, 0.25) is 0 Å². The number of rotatable bonds is 6. The first-order chi connectivity index (χ1) is 17.9. The van der Waals surface area contributed by atoms with Crippen molar-refractivity contribution >= 4 is 34.4 Å². The summed E-state index contributed by atoms with van der Waals surface area (Å²) in [5, 5.41) is 7.58. The molecule has 1 aliphatic rings. The number of Topliss-reactive ketones (excluding diaryl/α,β-unsaturated/α-hetero) is 1. The molecule has 1 amide bonds. The number of pyridine rings is 1. The lowest BCUT2D eigenvalue weighted by molar-refractivity contribution is -0.126. The van der Waals surface area contributed by atoms with E-state index >= 15 is 0 Å². The molecule has 0 unspecified atom stereocenters. The highest BCUT2D eigenvalue weighted by atomic mass is 19.1. The Kier molecular flexibility index (Phi) is 6.15. The largest absolute Gasteiger partial charge is 0.403 e. The van der Waals surface area contributed by atoms with Crippen molar-refractivity contribution in [2.45, 2.75) is 0 Å². The standard InChI is InChI=1S/C23H23FN10O3/c24-16-13-28-20(33(26)7-6-25)18-17(16)15(12-27-18)19(35)21(36)31-8-10-32(11-9-31)22-29-30-23(37)34(22)14-4-2-1-3-5-14/h1-7,12-13,27H,8-11,25-26H2,(H,30,37)/b7-6-. The van der Waals surface area contributed by atoms with E-state index in [4.69, 9.17) is 11.6 Å². The van der Waals surface area contributed by atoms with Crippen molar-refractivity contribution in [2.24, 2.45) is 11.6 Å². The molecule has 0 saturated carbocycles. The summed E-state index contributed by atoms with van der Waals surface area (Å²) in [5.74, 6) is 3.99. The molecule has 0 spiro atoms. The number of piperazine rings is 1. The molecule has 0 aliphatic carbocycles. The van der Waals surface area contributed by atoms with Crippen LogP contribution in [-0.4, -0.2) is 67.5 Å². The molecule has 3 aromatic heterocycles.